The van der Waals surface area contributed by atoms with Crippen LogP contribution >= 0.6 is 0 Å². The molecule has 0 bridgehead atoms. The van der Waals surface area contributed by atoms with E-state index in [-0.39, 0.29) is 11.9 Å². The van der Waals surface area contributed by atoms with Crippen LogP contribution in [0.3, 0.4) is 0 Å². The van der Waals surface area contributed by atoms with Gasteiger partial charge in [0.25, 0.3) is 0 Å². The van der Waals surface area contributed by atoms with E-state index in [0.717, 1.165) is 28.5 Å². The van der Waals surface area contributed by atoms with Crippen molar-refractivity contribution in [3.8, 4) is 0 Å². The lowest BCUT2D eigenvalue weighted by Gasteiger charge is -2.39. The second-order valence-corrected chi connectivity index (χ2v) is 5.89. The first-order valence-electron chi connectivity index (χ1n) is 7.65. The molecule has 0 saturated carbocycles. The fourth-order valence-electron chi connectivity index (χ4n) is 3.05. The highest BCUT2D eigenvalue weighted by Crippen LogP contribution is 2.37. The maximum atomic E-state index is 13.3. The van der Waals surface area contributed by atoms with Gasteiger partial charge in [-0.25, -0.2) is 9.45 Å². The van der Waals surface area contributed by atoms with Crippen LogP contribution in [0.5, 0.6) is 0 Å². The Bertz CT molecular complexity index is 796. The van der Waals surface area contributed by atoms with Crippen molar-refractivity contribution in [1.29, 1.82) is 0 Å². The Morgan fingerprint density at radius 3 is 2.71 bits per heavy atom. The van der Waals surface area contributed by atoms with Crippen molar-refractivity contribution in [3.05, 3.63) is 65.3 Å². The summed E-state index contributed by atoms with van der Waals surface area (Å²) >= 11 is 0. The van der Waals surface area contributed by atoms with Crippen LogP contribution in [0.2, 0.25) is 0 Å². The van der Waals surface area contributed by atoms with E-state index in [2.05, 4.69) is 9.89 Å². The normalized spacial score (nSPS) is 22.5. The van der Waals surface area contributed by atoms with E-state index in [9.17, 15) is 4.39 Å². The van der Waals surface area contributed by atoms with Gasteiger partial charge in [0.2, 0.25) is 0 Å². The topological polar surface area (TPSA) is 57.3 Å². The maximum absolute atomic E-state index is 13.3. The highest BCUT2D eigenvalue weighted by molar-refractivity contribution is 5.83. The molecule has 1 aromatic carbocycles. The molecule has 0 spiro atoms. The van der Waals surface area contributed by atoms with Gasteiger partial charge in [-0.05, 0) is 36.8 Å². The molecule has 4 rings (SSSR count). The molecule has 0 amide bonds. The van der Waals surface area contributed by atoms with Crippen LogP contribution in [0.15, 0.2) is 64.4 Å². The lowest BCUT2D eigenvalue weighted by Crippen LogP contribution is -2.43. The molecule has 0 aliphatic carbocycles. The monoisotopic (exact) mass is 327 g/mol. The number of hydroxylamine groups is 2. The average molecular weight is 327 g/mol. The molecule has 2 N–H and O–H groups in total. The molecule has 1 atom stereocenters. The molecule has 0 saturated heterocycles. The number of fused-ring (bicyclic) bond motifs is 2. The summed E-state index contributed by atoms with van der Waals surface area (Å²) < 4.78 is 13.3. The molecule has 0 radical (unpaired) electrons. The van der Waals surface area contributed by atoms with E-state index >= 15 is 0 Å². The number of anilines is 1. The summed E-state index contributed by atoms with van der Waals surface area (Å²) in [7, 11) is 1.62. The number of allylic oxidation sites excluding steroid dienone is 1. The van der Waals surface area contributed by atoms with Gasteiger partial charge in [-0.15, -0.1) is 0 Å². The lowest BCUT2D eigenvalue weighted by molar-refractivity contribution is -0.0951. The minimum Gasteiger partial charge on any atom is -0.319 e. The predicted octanol–water partition coefficient (Wildman–Crippen LogP) is 2.11. The van der Waals surface area contributed by atoms with Gasteiger partial charge in [-0.2, -0.15) is 0 Å². The predicted molar refractivity (Wildman–Crippen MR) is 89.8 cm³/mol. The zero-order valence-corrected chi connectivity index (χ0v) is 13.5. The molecule has 24 heavy (non-hydrogen) atoms. The van der Waals surface area contributed by atoms with Crippen LogP contribution in [-0.2, 0) is 4.84 Å². The first-order valence-corrected chi connectivity index (χ1v) is 7.65. The van der Waals surface area contributed by atoms with Gasteiger partial charge in [0, 0.05) is 11.9 Å². The second-order valence-electron chi connectivity index (χ2n) is 5.89. The first-order chi connectivity index (χ1) is 11.6. The van der Waals surface area contributed by atoms with E-state index in [0.29, 0.717) is 6.67 Å². The van der Waals surface area contributed by atoms with E-state index in [1.54, 1.807) is 30.5 Å². The van der Waals surface area contributed by atoms with E-state index < -0.39 is 0 Å². The van der Waals surface area contributed by atoms with Crippen molar-refractivity contribution in [1.82, 2.24) is 9.96 Å². The van der Waals surface area contributed by atoms with E-state index in [1.165, 1.54) is 12.1 Å². The zero-order chi connectivity index (χ0) is 16.8. The SMILES string of the molecule is CON1C=C2C=NC3=C(N2C1)N(c1ccc(F)cc1)C=C(C)C3N. The number of aliphatic imine (C=N–C) groups is 1. The highest BCUT2D eigenvalue weighted by Gasteiger charge is 2.36. The third kappa shape index (κ3) is 2.21. The molecule has 3 aliphatic heterocycles. The number of hydrogen-bond acceptors (Lipinski definition) is 6. The van der Waals surface area contributed by atoms with Gasteiger partial charge in [-0.1, -0.05) is 0 Å². The van der Waals surface area contributed by atoms with Crippen LogP contribution in [-0.4, -0.2) is 36.0 Å². The zero-order valence-electron chi connectivity index (χ0n) is 13.5. The Labute approximate surface area is 139 Å². The highest BCUT2D eigenvalue weighted by atomic mass is 19.1. The lowest BCUT2D eigenvalue weighted by atomic mass is 10.0. The third-order valence-electron chi connectivity index (χ3n) is 4.37. The summed E-state index contributed by atoms with van der Waals surface area (Å²) in [6, 6.07) is 6.10. The van der Waals surface area contributed by atoms with Crippen LogP contribution < -0.4 is 10.6 Å². The van der Waals surface area contributed by atoms with Gasteiger partial charge in [-0.3, -0.25) is 9.83 Å². The molecule has 6 nitrogen and oxygen atoms in total. The molecule has 124 valence electrons. The molecule has 1 unspecified atom stereocenters. The second kappa shape index (κ2) is 5.47. The minimum atomic E-state index is -0.272. The fraction of sp³-hybridized carbons (Fsp3) is 0.235. The maximum Gasteiger partial charge on any atom is 0.143 e. The Morgan fingerprint density at radius 1 is 1.25 bits per heavy atom. The number of benzene rings is 1. The third-order valence-corrected chi connectivity index (χ3v) is 4.37. The van der Waals surface area contributed by atoms with Gasteiger partial charge in [0.1, 0.15) is 24.0 Å². The number of hydrogen-bond donors (Lipinski definition) is 1. The van der Waals surface area contributed by atoms with Crippen LogP contribution in [0.4, 0.5) is 10.1 Å². The molecule has 1 aromatic rings. The Balaban J connectivity index is 1.81. The average Bonchev–Trinajstić information content (AvgIpc) is 3.02. The van der Waals surface area contributed by atoms with Crippen molar-refractivity contribution in [2.75, 3.05) is 18.7 Å². The Hall–Kier alpha value is -2.64. The minimum absolute atomic E-state index is 0.267. The van der Waals surface area contributed by atoms with E-state index in [4.69, 9.17) is 10.6 Å². The Morgan fingerprint density at radius 2 is 2.00 bits per heavy atom. The number of nitrogens with zero attached hydrogens (tertiary/aromatic N) is 4. The molecular weight excluding hydrogens is 309 g/mol. The number of halogens is 1. The largest absolute Gasteiger partial charge is 0.319 e. The molecule has 7 heteroatoms. The van der Waals surface area contributed by atoms with Gasteiger partial charge in [0.05, 0.1) is 31.3 Å². The van der Waals surface area contributed by atoms with Crippen LogP contribution in [0.1, 0.15) is 6.92 Å². The summed E-state index contributed by atoms with van der Waals surface area (Å²) in [4.78, 5) is 14.0. The quantitative estimate of drug-likeness (QED) is 0.901. The number of nitrogens with two attached hydrogens (primary N) is 1. The standard InChI is InChI=1S/C17H18FN5O/c1-11-8-22(13-5-3-12(18)4-6-13)17-16(15(11)19)20-7-14-9-21(24-2)10-23(14)17/h3-9,15H,10,19H2,1-2H3. The fourth-order valence-corrected chi connectivity index (χ4v) is 3.05. The summed E-state index contributed by atoms with van der Waals surface area (Å²) in [5.41, 5.74) is 9.88. The summed E-state index contributed by atoms with van der Waals surface area (Å²) in [5.74, 6) is 0.601. The van der Waals surface area contributed by atoms with Gasteiger partial charge >= 0.3 is 0 Å². The first kappa shape index (κ1) is 14.9. The van der Waals surface area contributed by atoms with Crippen molar-refractivity contribution >= 4 is 11.9 Å². The molecule has 0 fully saturated rings. The molecule has 3 heterocycles. The van der Waals surface area contributed by atoms with Crippen molar-refractivity contribution in [2.24, 2.45) is 10.7 Å². The summed E-state index contributed by atoms with van der Waals surface area (Å²) in [6.07, 6.45) is 5.65. The van der Waals surface area contributed by atoms with E-state index in [1.807, 2.05) is 24.2 Å². The van der Waals surface area contributed by atoms with Crippen LogP contribution in [0, 0.1) is 5.82 Å². The van der Waals surface area contributed by atoms with Crippen molar-refractivity contribution < 1.29 is 9.23 Å². The van der Waals surface area contributed by atoms with Gasteiger partial charge in [0.15, 0.2) is 0 Å². The summed E-state index contributed by atoms with van der Waals surface area (Å²) in [6.45, 7) is 2.51. The van der Waals surface area contributed by atoms with Crippen molar-refractivity contribution in [2.45, 2.75) is 13.0 Å². The van der Waals surface area contributed by atoms with Crippen LogP contribution in [0.25, 0.3) is 0 Å². The molecular formula is C17H18FN5O. The van der Waals surface area contributed by atoms with Gasteiger partial charge < -0.3 is 15.5 Å². The molecule has 3 aliphatic rings. The smallest absolute Gasteiger partial charge is 0.143 e. The summed E-state index contributed by atoms with van der Waals surface area (Å²) in [5, 5.41) is 1.72. The van der Waals surface area contributed by atoms with Crippen molar-refractivity contribution in [3.63, 3.8) is 0 Å². The molecule has 0 aromatic heterocycles. The number of rotatable bonds is 2. The Kier molecular flexibility index (Phi) is 3.40.